The number of hydrogen-bond donors (Lipinski definition) is 2. The predicted octanol–water partition coefficient (Wildman–Crippen LogP) is 1.13. The molecule has 0 radical (unpaired) electrons. The van der Waals surface area contributed by atoms with Crippen molar-refractivity contribution in [3.8, 4) is 11.1 Å². The van der Waals surface area contributed by atoms with Crippen LogP contribution in [0.1, 0.15) is 0 Å². The molecule has 25 heavy (non-hydrogen) atoms. The van der Waals surface area contributed by atoms with Crippen LogP contribution in [0.4, 0.5) is 5.95 Å². The van der Waals surface area contributed by atoms with Gasteiger partial charge in [0.15, 0.2) is 0 Å². The summed E-state index contributed by atoms with van der Waals surface area (Å²) in [6.07, 6.45) is 1.66. The number of halogens is 1. The van der Waals surface area contributed by atoms with Crippen molar-refractivity contribution in [1.29, 1.82) is 0 Å². The number of pyridine rings is 1. The summed E-state index contributed by atoms with van der Waals surface area (Å²) in [6.45, 7) is -0.761. The zero-order chi connectivity index (χ0) is 18.0. The van der Waals surface area contributed by atoms with Gasteiger partial charge in [0.05, 0.1) is 24.8 Å². The molecule has 0 bridgehead atoms. The molecule has 3 rings (SSSR count). The van der Waals surface area contributed by atoms with Gasteiger partial charge >= 0.3 is 5.95 Å². The van der Waals surface area contributed by atoms with Crippen molar-refractivity contribution in [1.82, 2.24) is 9.55 Å². The van der Waals surface area contributed by atoms with Gasteiger partial charge in [0.25, 0.3) is 5.56 Å². The number of fused-ring (bicyclic) bond motifs is 1. The third-order valence-corrected chi connectivity index (χ3v) is 4.10. The molecule has 3 N–H and O–H groups in total. The molecule has 1 aromatic carbocycles. The van der Waals surface area contributed by atoms with E-state index >= 15 is 0 Å². The van der Waals surface area contributed by atoms with E-state index in [2.05, 4.69) is 15.0 Å². The fourth-order valence-electron chi connectivity index (χ4n) is 2.47. The minimum atomic E-state index is -0.381. The molecule has 0 amide bonds. The molecule has 0 spiro atoms. The van der Waals surface area contributed by atoms with Gasteiger partial charge in [0.2, 0.25) is 5.65 Å². The van der Waals surface area contributed by atoms with Crippen LogP contribution >= 0.6 is 11.6 Å². The second kappa shape index (κ2) is 7.10. The minimum Gasteiger partial charge on any atom is -0.389 e. The van der Waals surface area contributed by atoms with Crippen LogP contribution in [0.25, 0.3) is 22.2 Å². The molecule has 0 unspecified atom stereocenters. The monoisotopic (exact) mass is 359 g/mol. The van der Waals surface area contributed by atoms with Crippen LogP contribution < -0.4 is 10.5 Å². The lowest BCUT2D eigenvalue weighted by molar-refractivity contribution is -0.364. The van der Waals surface area contributed by atoms with Crippen molar-refractivity contribution >= 4 is 34.3 Å². The van der Waals surface area contributed by atoms with Crippen molar-refractivity contribution in [3.63, 3.8) is 0 Å². The van der Waals surface area contributed by atoms with Crippen molar-refractivity contribution in [2.45, 2.75) is 0 Å². The summed E-state index contributed by atoms with van der Waals surface area (Å²) >= 11 is 6.21. The van der Waals surface area contributed by atoms with Crippen LogP contribution in [-0.2, 0) is 7.05 Å². The molecule has 128 valence electrons. The zero-order valence-corrected chi connectivity index (χ0v) is 14.2. The van der Waals surface area contributed by atoms with Crippen LogP contribution in [0.5, 0.6) is 0 Å². The van der Waals surface area contributed by atoms with Gasteiger partial charge in [-0.15, -0.1) is 0 Å². The Morgan fingerprint density at radius 2 is 2.00 bits per heavy atom. The van der Waals surface area contributed by atoms with Crippen LogP contribution in [0.3, 0.4) is 0 Å². The Labute approximate surface area is 147 Å². The molecular weight excluding hydrogens is 344 g/mol. The van der Waals surface area contributed by atoms with Gasteiger partial charge in [-0.3, -0.25) is 9.36 Å². The number of nitrogens with zero attached hydrogens (tertiary/aromatic N) is 3. The smallest absolute Gasteiger partial charge is 0.389 e. The molecule has 2 heterocycles. The summed E-state index contributed by atoms with van der Waals surface area (Å²) in [5, 5.41) is 19.4. The Balaban J connectivity index is 2.21. The topological polar surface area (TPSA) is 102 Å². The molecule has 0 aliphatic rings. The maximum atomic E-state index is 12.7. The van der Waals surface area contributed by atoms with Crippen molar-refractivity contribution in [2.24, 2.45) is 12.0 Å². The highest BCUT2D eigenvalue weighted by atomic mass is 35.5. The highest BCUT2D eigenvalue weighted by Gasteiger charge is 2.16. The number of aliphatic hydroxyl groups excluding tert-OH is 2. The number of aryl methyl sites for hydroxylation is 1. The summed E-state index contributed by atoms with van der Waals surface area (Å²) in [5.41, 5.74) is 1.48. The Kier molecular flexibility index (Phi) is 4.89. The highest BCUT2D eigenvalue weighted by Crippen LogP contribution is 2.26. The maximum Gasteiger partial charge on any atom is 0.432 e. The number of benzene rings is 1. The molecule has 0 aliphatic carbocycles. The second-order valence-corrected chi connectivity index (χ2v) is 5.81. The molecule has 0 saturated carbocycles. The summed E-state index contributed by atoms with van der Waals surface area (Å²) < 4.78 is 1.42. The zero-order valence-electron chi connectivity index (χ0n) is 13.4. The van der Waals surface area contributed by atoms with E-state index in [-0.39, 0.29) is 30.4 Å². The molecule has 0 aliphatic heterocycles. The third kappa shape index (κ3) is 3.30. The molecule has 0 saturated heterocycles. The van der Waals surface area contributed by atoms with Crippen molar-refractivity contribution in [3.05, 3.63) is 51.9 Å². The Bertz CT molecular complexity index is 1020. The van der Waals surface area contributed by atoms with Gasteiger partial charge in [-0.2, -0.15) is 0 Å². The first-order chi connectivity index (χ1) is 12.0. The molecule has 7 nitrogen and oxygen atoms in total. The first kappa shape index (κ1) is 17.2. The second-order valence-electron chi connectivity index (χ2n) is 5.40. The lowest BCUT2D eigenvalue weighted by Crippen LogP contribution is -2.21. The summed E-state index contributed by atoms with van der Waals surface area (Å²) in [6, 6.07) is 8.85. The molecule has 0 atom stereocenters. The molecular formula is C17H16ClN4O3+. The van der Waals surface area contributed by atoms with Crippen LogP contribution in [0, 0.1) is 0 Å². The highest BCUT2D eigenvalue weighted by molar-refractivity contribution is 6.33. The summed E-state index contributed by atoms with van der Waals surface area (Å²) in [4.78, 5) is 23.9. The summed E-state index contributed by atoms with van der Waals surface area (Å²) in [5.74, 6) is 0.186. The standard InChI is InChI=1S/C17H15ClN4O3/c1-22-15-10(7-19-17(21-15)20-11(8-23)9-24)6-13(16(22)25)12-4-2-3-5-14(12)18/h2-7,23-24H,8-9H2,1H3/p+1. The van der Waals surface area contributed by atoms with E-state index in [1.165, 1.54) is 4.57 Å². The Morgan fingerprint density at radius 1 is 1.28 bits per heavy atom. The number of hydrogen-bond acceptors (Lipinski definition) is 5. The number of aromatic nitrogens is 3. The van der Waals surface area contributed by atoms with Gasteiger partial charge in [0, 0.05) is 23.2 Å². The number of aliphatic imine (C=N–C) groups is 1. The van der Waals surface area contributed by atoms with E-state index in [0.29, 0.717) is 27.2 Å². The average molecular weight is 360 g/mol. The van der Waals surface area contributed by atoms with E-state index < -0.39 is 0 Å². The van der Waals surface area contributed by atoms with Crippen LogP contribution in [0.15, 0.2) is 46.3 Å². The fraction of sp³-hybridized carbons (Fsp3) is 0.176. The maximum absolute atomic E-state index is 12.7. The predicted molar refractivity (Wildman–Crippen MR) is 95.3 cm³/mol. The minimum absolute atomic E-state index is 0.167. The first-order valence-corrected chi connectivity index (χ1v) is 7.88. The van der Waals surface area contributed by atoms with Crippen LogP contribution in [0.2, 0.25) is 5.02 Å². The van der Waals surface area contributed by atoms with Gasteiger partial charge in [-0.05, 0) is 17.1 Å². The molecule has 2 aromatic heterocycles. The Morgan fingerprint density at radius 3 is 2.68 bits per heavy atom. The quantitative estimate of drug-likeness (QED) is 0.681. The summed E-state index contributed by atoms with van der Waals surface area (Å²) in [7, 11) is 1.62. The number of aromatic amines is 1. The van der Waals surface area contributed by atoms with Gasteiger partial charge in [0.1, 0.15) is 5.71 Å². The Hall–Kier alpha value is -2.61. The number of nitrogens with one attached hydrogen (secondary N) is 1. The van der Waals surface area contributed by atoms with E-state index in [1.807, 2.05) is 6.07 Å². The van der Waals surface area contributed by atoms with Gasteiger partial charge in [-0.1, -0.05) is 34.8 Å². The first-order valence-electron chi connectivity index (χ1n) is 7.50. The molecule has 3 aromatic rings. The number of aliphatic hydroxyl groups is 2. The fourth-order valence-corrected chi connectivity index (χ4v) is 2.71. The number of rotatable bonds is 4. The van der Waals surface area contributed by atoms with Gasteiger partial charge in [-0.25, -0.2) is 4.98 Å². The van der Waals surface area contributed by atoms with Crippen LogP contribution in [-0.4, -0.2) is 38.7 Å². The molecule has 0 fully saturated rings. The third-order valence-electron chi connectivity index (χ3n) is 3.77. The van der Waals surface area contributed by atoms with Crippen molar-refractivity contribution in [2.75, 3.05) is 13.2 Å². The van der Waals surface area contributed by atoms with E-state index in [1.54, 1.807) is 37.5 Å². The lowest BCUT2D eigenvalue weighted by Gasteiger charge is -2.07. The average Bonchev–Trinajstić information content (AvgIpc) is 2.63. The number of H-pyrrole nitrogens is 1. The van der Waals surface area contributed by atoms with E-state index in [9.17, 15) is 4.79 Å². The lowest BCUT2D eigenvalue weighted by atomic mass is 10.1. The largest absolute Gasteiger partial charge is 0.432 e. The van der Waals surface area contributed by atoms with Gasteiger partial charge < -0.3 is 10.2 Å². The molecule has 8 heteroatoms. The van der Waals surface area contributed by atoms with Crippen molar-refractivity contribution < 1.29 is 15.2 Å². The van der Waals surface area contributed by atoms with E-state index in [0.717, 1.165) is 0 Å². The van der Waals surface area contributed by atoms with E-state index in [4.69, 9.17) is 21.8 Å². The normalized spacial score (nSPS) is 10.9. The SMILES string of the molecule is Cn1c(=O)c(-c2ccccc2Cl)cc2c[nH+]c(N=C(CO)CO)nc21.